The van der Waals surface area contributed by atoms with Crippen molar-refractivity contribution in [3.05, 3.63) is 59.7 Å². The molecule has 3 rings (SSSR count). The fourth-order valence-electron chi connectivity index (χ4n) is 3.16. The van der Waals surface area contributed by atoms with E-state index in [4.69, 9.17) is 4.74 Å². The van der Waals surface area contributed by atoms with E-state index < -0.39 is 5.92 Å². The second-order valence-electron chi connectivity index (χ2n) is 6.31. The zero-order valence-corrected chi connectivity index (χ0v) is 14.7. The molecule has 1 fully saturated rings. The lowest BCUT2D eigenvalue weighted by molar-refractivity contribution is -0.139. The lowest BCUT2D eigenvalue weighted by Gasteiger charge is -2.19. The van der Waals surface area contributed by atoms with Crippen molar-refractivity contribution in [2.45, 2.75) is 33.1 Å². The summed E-state index contributed by atoms with van der Waals surface area (Å²) in [5.41, 5.74) is 3.20. The van der Waals surface area contributed by atoms with Gasteiger partial charge in [-0.05, 0) is 42.2 Å². The summed E-state index contributed by atoms with van der Waals surface area (Å²) in [5.74, 6) is -0.261. The molecule has 1 aliphatic heterocycles. The molecule has 0 bridgehead atoms. The Kier molecular flexibility index (Phi) is 5.17. The van der Waals surface area contributed by atoms with Gasteiger partial charge in [0.25, 0.3) is 0 Å². The number of hydrogen-bond acceptors (Lipinski definition) is 3. The molecule has 1 aliphatic rings. The third-order valence-corrected chi connectivity index (χ3v) is 4.67. The Hall–Kier alpha value is -2.62. The SMILES string of the molecule is CCc1ccc(OC(=O)[C@@H]2CC(=O)N(c3ccccc3CC)C2)cc1. The van der Waals surface area contributed by atoms with Gasteiger partial charge in [0.2, 0.25) is 5.91 Å². The van der Waals surface area contributed by atoms with Gasteiger partial charge < -0.3 is 9.64 Å². The number of carbonyl (C=O) groups excluding carboxylic acids is 2. The largest absolute Gasteiger partial charge is 0.426 e. The van der Waals surface area contributed by atoms with Crippen molar-refractivity contribution in [1.29, 1.82) is 0 Å². The van der Waals surface area contributed by atoms with E-state index in [0.717, 1.165) is 24.1 Å². The molecular formula is C21H23NO3. The number of nitrogens with zero attached hydrogens (tertiary/aromatic N) is 1. The van der Waals surface area contributed by atoms with E-state index in [0.29, 0.717) is 12.3 Å². The molecule has 4 heteroatoms. The molecule has 130 valence electrons. The van der Waals surface area contributed by atoms with Crippen LogP contribution in [0.1, 0.15) is 31.4 Å². The van der Waals surface area contributed by atoms with Crippen LogP contribution in [-0.4, -0.2) is 18.4 Å². The molecule has 25 heavy (non-hydrogen) atoms. The van der Waals surface area contributed by atoms with E-state index in [2.05, 4.69) is 13.8 Å². The van der Waals surface area contributed by atoms with Gasteiger partial charge in [-0.1, -0.05) is 44.2 Å². The number of hydrogen-bond donors (Lipinski definition) is 0. The quantitative estimate of drug-likeness (QED) is 0.616. The molecule has 1 saturated heterocycles. The first-order valence-corrected chi connectivity index (χ1v) is 8.81. The van der Waals surface area contributed by atoms with Gasteiger partial charge in [-0.15, -0.1) is 0 Å². The van der Waals surface area contributed by atoms with E-state index >= 15 is 0 Å². The lowest BCUT2D eigenvalue weighted by Crippen LogP contribution is -2.28. The third-order valence-electron chi connectivity index (χ3n) is 4.67. The van der Waals surface area contributed by atoms with Crippen LogP contribution in [0.15, 0.2) is 48.5 Å². The summed E-state index contributed by atoms with van der Waals surface area (Å²) in [6.45, 7) is 4.51. The lowest BCUT2D eigenvalue weighted by atomic mass is 10.1. The third kappa shape index (κ3) is 3.73. The van der Waals surface area contributed by atoms with Gasteiger partial charge in [-0.3, -0.25) is 9.59 Å². The van der Waals surface area contributed by atoms with Gasteiger partial charge in [-0.25, -0.2) is 0 Å². The van der Waals surface area contributed by atoms with Crippen LogP contribution in [0.25, 0.3) is 0 Å². The number of rotatable bonds is 5. The van der Waals surface area contributed by atoms with Crippen LogP contribution < -0.4 is 9.64 Å². The fourth-order valence-corrected chi connectivity index (χ4v) is 3.16. The molecule has 0 unspecified atom stereocenters. The molecule has 0 aliphatic carbocycles. The Morgan fingerprint density at radius 3 is 2.48 bits per heavy atom. The summed E-state index contributed by atoms with van der Waals surface area (Å²) in [7, 11) is 0. The van der Waals surface area contributed by atoms with Gasteiger partial charge in [0, 0.05) is 18.7 Å². The monoisotopic (exact) mass is 337 g/mol. The Labute approximate surface area is 148 Å². The van der Waals surface area contributed by atoms with Gasteiger partial charge >= 0.3 is 5.97 Å². The minimum atomic E-state index is -0.428. The predicted octanol–water partition coefficient (Wildman–Crippen LogP) is 3.77. The van der Waals surface area contributed by atoms with Crippen molar-refractivity contribution < 1.29 is 14.3 Å². The maximum absolute atomic E-state index is 12.4. The fraction of sp³-hybridized carbons (Fsp3) is 0.333. The van der Waals surface area contributed by atoms with Gasteiger partial charge in [0.15, 0.2) is 0 Å². The van der Waals surface area contributed by atoms with Crippen molar-refractivity contribution in [2.24, 2.45) is 5.92 Å². The highest BCUT2D eigenvalue weighted by atomic mass is 16.5. The van der Waals surface area contributed by atoms with Crippen molar-refractivity contribution in [1.82, 2.24) is 0 Å². The average molecular weight is 337 g/mol. The highest BCUT2D eigenvalue weighted by Gasteiger charge is 2.37. The summed E-state index contributed by atoms with van der Waals surface area (Å²) in [4.78, 5) is 26.6. The van der Waals surface area contributed by atoms with Crippen LogP contribution in [0.5, 0.6) is 5.75 Å². The van der Waals surface area contributed by atoms with Crippen LogP contribution in [0.3, 0.4) is 0 Å². The molecule has 1 heterocycles. The number of amides is 1. The summed E-state index contributed by atoms with van der Waals surface area (Å²) in [5, 5.41) is 0. The van der Waals surface area contributed by atoms with E-state index in [1.165, 1.54) is 5.56 Å². The molecule has 0 spiro atoms. The number of carbonyl (C=O) groups is 2. The molecule has 1 amide bonds. The molecule has 2 aromatic rings. The Balaban J connectivity index is 1.70. The zero-order valence-electron chi connectivity index (χ0n) is 14.7. The van der Waals surface area contributed by atoms with E-state index in [-0.39, 0.29) is 18.3 Å². The van der Waals surface area contributed by atoms with Crippen molar-refractivity contribution in [3.63, 3.8) is 0 Å². The first-order chi connectivity index (χ1) is 12.1. The minimum Gasteiger partial charge on any atom is -0.426 e. The second-order valence-corrected chi connectivity index (χ2v) is 6.31. The highest BCUT2D eigenvalue weighted by molar-refractivity contribution is 6.00. The number of benzene rings is 2. The standard InChI is InChI=1S/C21H23NO3/c1-3-15-9-11-18(12-10-15)25-21(24)17-13-20(23)22(14-17)19-8-6-5-7-16(19)4-2/h5-12,17H,3-4,13-14H2,1-2H3/t17-/m1/s1. The molecule has 1 atom stereocenters. The van der Waals surface area contributed by atoms with Crippen LogP contribution in [0.2, 0.25) is 0 Å². The summed E-state index contributed by atoms with van der Waals surface area (Å²) in [6, 6.07) is 15.3. The summed E-state index contributed by atoms with van der Waals surface area (Å²) < 4.78 is 5.47. The molecule has 4 nitrogen and oxygen atoms in total. The molecular weight excluding hydrogens is 314 g/mol. The molecule has 0 radical (unpaired) electrons. The van der Waals surface area contributed by atoms with Crippen LogP contribution in [0, 0.1) is 5.92 Å². The van der Waals surface area contributed by atoms with E-state index in [9.17, 15) is 9.59 Å². The summed E-state index contributed by atoms with van der Waals surface area (Å²) in [6.07, 6.45) is 1.99. The van der Waals surface area contributed by atoms with Crippen molar-refractivity contribution >= 4 is 17.6 Å². The van der Waals surface area contributed by atoms with Crippen LogP contribution >= 0.6 is 0 Å². The normalized spacial score (nSPS) is 17.0. The number of aryl methyl sites for hydroxylation is 2. The molecule has 0 aromatic heterocycles. The molecule has 0 N–H and O–H groups in total. The van der Waals surface area contributed by atoms with Crippen LogP contribution in [0.4, 0.5) is 5.69 Å². The molecule has 0 saturated carbocycles. The van der Waals surface area contributed by atoms with Gasteiger partial charge in [0.05, 0.1) is 5.92 Å². The van der Waals surface area contributed by atoms with Crippen molar-refractivity contribution in [3.8, 4) is 5.75 Å². The Morgan fingerprint density at radius 2 is 1.80 bits per heavy atom. The van der Waals surface area contributed by atoms with Gasteiger partial charge in [0.1, 0.15) is 5.75 Å². The van der Waals surface area contributed by atoms with Gasteiger partial charge in [-0.2, -0.15) is 0 Å². The number of para-hydroxylation sites is 1. The molecule has 2 aromatic carbocycles. The second kappa shape index (κ2) is 7.51. The number of esters is 1. The van der Waals surface area contributed by atoms with Crippen molar-refractivity contribution in [2.75, 3.05) is 11.4 Å². The highest BCUT2D eigenvalue weighted by Crippen LogP contribution is 2.29. The maximum atomic E-state index is 12.4. The Bertz CT molecular complexity index is 767. The maximum Gasteiger partial charge on any atom is 0.316 e. The first-order valence-electron chi connectivity index (χ1n) is 8.81. The Morgan fingerprint density at radius 1 is 1.08 bits per heavy atom. The first kappa shape index (κ1) is 17.2. The zero-order chi connectivity index (χ0) is 17.8. The summed E-state index contributed by atoms with van der Waals surface area (Å²) >= 11 is 0. The predicted molar refractivity (Wildman–Crippen MR) is 97.7 cm³/mol. The minimum absolute atomic E-state index is 0.0239. The number of anilines is 1. The van der Waals surface area contributed by atoms with E-state index in [1.807, 2.05) is 36.4 Å². The van der Waals surface area contributed by atoms with E-state index in [1.54, 1.807) is 17.0 Å². The number of ether oxygens (including phenoxy) is 1. The topological polar surface area (TPSA) is 46.6 Å². The van der Waals surface area contributed by atoms with Crippen LogP contribution in [-0.2, 0) is 22.4 Å². The average Bonchev–Trinajstić information content (AvgIpc) is 3.04. The smallest absolute Gasteiger partial charge is 0.316 e.